The summed E-state index contributed by atoms with van der Waals surface area (Å²) in [7, 11) is -3.64. The summed E-state index contributed by atoms with van der Waals surface area (Å²) in [6.07, 6.45) is 0.538. The van der Waals surface area contributed by atoms with Crippen molar-refractivity contribution in [1.29, 1.82) is 0 Å². The number of nitrogens with one attached hydrogen (secondary N) is 1. The maximum atomic E-state index is 12.7. The van der Waals surface area contributed by atoms with Crippen molar-refractivity contribution in [2.45, 2.75) is 34.1 Å². The number of ether oxygens (including phenoxy) is 1. The van der Waals surface area contributed by atoms with Crippen molar-refractivity contribution in [3.05, 3.63) is 11.0 Å². The van der Waals surface area contributed by atoms with Gasteiger partial charge in [-0.15, -0.1) is 0 Å². The van der Waals surface area contributed by atoms with E-state index >= 15 is 0 Å². The van der Waals surface area contributed by atoms with E-state index < -0.39 is 13.6 Å². The molecule has 0 radical (unpaired) electrons. The van der Waals surface area contributed by atoms with Crippen LogP contribution >= 0.6 is 7.60 Å². The molecule has 8 heteroatoms. The first-order chi connectivity index (χ1) is 9.50. The minimum absolute atomic E-state index is 0.103. The highest BCUT2D eigenvalue weighted by Gasteiger charge is 2.34. The second-order valence-electron chi connectivity index (χ2n) is 3.49. The number of amides is 1. The number of carbonyl (C=O) groups is 2. The SMILES string of the molecule is CCOC(=O)/C(NC=O)=C(\CC)P(=O)(OCC)OCC. The molecule has 20 heavy (non-hydrogen) atoms. The van der Waals surface area contributed by atoms with Crippen molar-refractivity contribution in [1.82, 2.24) is 5.32 Å². The Kier molecular flexibility index (Phi) is 9.12. The molecule has 0 saturated heterocycles. The highest BCUT2D eigenvalue weighted by Crippen LogP contribution is 2.58. The highest BCUT2D eigenvalue weighted by atomic mass is 31.2. The molecule has 0 aromatic rings. The zero-order valence-corrected chi connectivity index (χ0v) is 13.2. The monoisotopic (exact) mass is 307 g/mol. The van der Waals surface area contributed by atoms with Crippen molar-refractivity contribution in [2.24, 2.45) is 0 Å². The average Bonchev–Trinajstić information content (AvgIpc) is 2.39. The largest absolute Gasteiger partial charge is 0.461 e. The lowest BCUT2D eigenvalue weighted by molar-refractivity contribution is -0.139. The van der Waals surface area contributed by atoms with Crippen LogP contribution in [0, 0.1) is 0 Å². The van der Waals surface area contributed by atoms with Crippen molar-refractivity contribution in [2.75, 3.05) is 19.8 Å². The molecule has 0 spiro atoms. The summed E-state index contributed by atoms with van der Waals surface area (Å²) in [5.41, 5.74) is -0.186. The van der Waals surface area contributed by atoms with Crippen LogP contribution in [0.3, 0.4) is 0 Å². The number of rotatable bonds is 10. The van der Waals surface area contributed by atoms with E-state index in [0.29, 0.717) is 6.41 Å². The molecule has 0 aliphatic carbocycles. The van der Waals surface area contributed by atoms with E-state index in [1.165, 1.54) is 0 Å². The molecule has 0 aliphatic heterocycles. The highest BCUT2D eigenvalue weighted by molar-refractivity contribution is 7.58. The fourth-order valence-corrected chi connectivity index (χ4v) is 3.45. The van der Waals surface area contributed by atoms with Crippen molar-refractivity contribution < 1.29 is 27.9 Å². The third-order valence-corrected chi connectivity index (χ3v) is 4.63. The Morgan fingerprint density at radius 2 is 1.65 bits per heavy atom. The fraction of sp³-hybridized carbons (Fsp3) is 0.667. The van der Waals surface area contributed by atoms with E-state index in [-0.39, 0.29) is 37.3 Å². The number of esters is 1. The minimum Gasteiger partial charge on any atom is -0.461 e. The third-order valence-electron chi connectivity index (χ3n) is 2.23. The van der Waals surface area contributed by atoms with Gasteiger partial charge in [-0.2, -0.15) is 0 Å². The zero-order valence-electron chi connectivity index (χ0n) is 12.3. The van der Waals surface area contributed by atoms with E-state index in [4.69, 9.17) is 13.8 Å². The summed E-state index contributed by atoms with van der Waals surface area (Å²) in [4.78, 5) is 22.5. The maximum absolute atomic E-state index is 12.7. The van der Waals surface area contributed by atoms with E-state index in [1.807, 2.05) is 0 Å². The zero-order chi connectivity index (χ0) is 15.6. The standard InChI is InChI=1S/C12H22NO6P/c1-5-10(20(16,18-7-3)19-8-4)11(13-9-14)12(15)17-6-2/h9H,5-8H2,1-4H3,(H,13,14)/b11-10-. The first-order valence-corrected chi connectivity index (χ1v) is 8.04. The lowest BCUT2D eigenvalue weighted by atomic mass is 10.3. The molecule has 0 saturated carbocycles. The van der Waals surface area contributed by atoms with Gasteiger partial charge in [0.25, 0.3) is 0 Å². The van der Waals surface area contributed by atoms with Crippen LogP contribution in [0.1, 0.15) is 34.1 Å². The molecule has 0 aliphatic rings. The van der Waals surface area contributed by atoms with Crippen LogP contribution < -0.4 is 5.32 Å². The van der Waals surface area contributed by atoms with Crippen LogP contribution in [-0.4, -0.2) is 32.2 Å². The molecule has 1 N–H and O–H groups in total. The minimum atomic E-state index is -3.64. The summed E-state index contributed by atoms with van der Waals surface area (Å²) in [5, 5.41) is 2.34. The van der Waals surface area contributed by atoms with Gasteiger partial charge in [-0.25, -0.2) is 4.79 Å². The Bertz CT molecular complexity index is 397. The van der Waals surface area contributed by atoms with E-state index in [9.17, 15) is 14.2 Å². The number of carbonyl (C=O) groups excluding carboxylic acids is 2. The summed E-state index contributed by atoms with van der Waals surface area (Å²) in [5.74, 6) is -0.768. The number of allylic oxidation sites excluding steroid dienone is 1. The van der Waals surface area contributed by atoms with E-state index in [2.05, 4.69) is 5.32 Å². The van der Waals surface area contributed by atoms with Crippen molar-refractivity contribution >= 4 is 20.0 Å². The van der Waals surface area contributed by atoms with Gasteiger partial charge in [-0.05, 0) is 27.2 Å². The van der Waals surface area contributed by atoms with Crippen molar-refractivity contribution in [3.63, 3.8) is 0 Å². The smallest absolute Gasteiger partial charge is 0.359 e. The van der Waals surface area contributed by atoms with Crippen LogP contribution in [-0.2, 0) is 27.9 Å². The summed E-state index contributed by atoms with van der Waals surface area (Å²) in [6.45, 7) is 7.08. The number of hydrogen-bond donors (Lipinski definition) is 1. The molecule has 0 rings (SSSR count). The van der Waals surface area contributed by atoms with Crippen LogP contribution in [0.2, 0.25) is 0 Å². The van der Waals surface area contributed by atoms with Crippen LogP contribution in [0.15, 0.2) is 11.0 Å². The van der Waals surface area contributed by atoms with Gasteiger partial charge in [0.05, 0.1) is 25.1 Å². The molecule has 0 aromatic heterocycles. The molecular formula is C12H22NO6P. The predicted octanol–water partition coefficient (Wildman–Crippen LogP) is 2.18. The second-order valence-corrected chi connectivity index (χ2v) is 5.54. The number of hydrogen-bond acceptors (Lipinski definition) is 6. The van der Waals surface area contributed by atoms with Crippen LogP contribution in [0.4, 0.5) is 0 Å². The molecule has 0 aromatic carbocycles. The summed E-state index contributed by atoms with van der Waals surface area (Å²) >= 11 is 0. The van der Waals surface area contributed by atoms with Gasteiger partial charge in [0.15, 0.2) is 0 Å². The van der Waals surface area contributed by atoms with Gasteiger partial charge >= 0.3 is 13.6 Å². The summed E-state index contributed by atoms with van der Waals surface area (Å²) in [6, 6.07) is 0. The van der Waals surface area contributed by atoms with E-state index in [0.717, 1.165) is 0 Å². The molecule has 0 atom stereocenters. The van der Waals surface area contributed by atoms with Gasteiger partial charge in [0, 0.05) is 0 Å². The molecule has 0 heterocycles. The first-order valence-electron chi connectivity index (χ1n) is 6.50. The lowest BCUT2D eigenvalue weighted by Gasteiger charge is -2.21. The fourth-order valence-electron chi connectivity index (χ4n) is 1.56. The quantitative estimate of drug-likeness (QED) is 0.288. The molecule has 0 bridgehead atoms. The third kappa shape index (κ3) is 5.07. The maximum Gasteiger partial charge on any atom is 0.359 e. The molecule has 0 fully saturated rings. The van der Waals surface area contributed by atoms with Gasteiger partial charge in [0.1, 0.15) is 5.70 Å². The Labute approximate surface area is 119 Å². The Morgan fingerprint density at radius 3 is 2.00 bits per heavy atom. The second kappa shape index (κ2) is 9.69. The molecule has 0 unspecified atom stereocenters. The topological polar surface area (TPSA) is 90.9 Å². The molecule has 116 valence electrons. The Balaban J connectivity index is 5.79. The predicted molar refractivity (Wildman–Crippen MR) is 74.0 cm³/mol. The van der Waals surface area contributed by atoms with Gasteiger partial charge in [-0.1, -0.05) is 6.92 Å². The normalized spacial score (nSPS) is 12.6. The lowest BCUT2D eigenvalue weighted by Crippen LogP contribution is -2.24. The average molecular weight is 307 g/mol. The van der Waals surface area contributed by atoms with Crippen LogP contribution in [0.5, 0.6) is 0 Å². The molecular weight excluding hydrogens is 285 g/mol. The van der Waals surface area contributed by atoms with Gasteiger partial charge in [0.2, 0.25) is 6.41 Å². The Morgan fingerprint density at radius 1 is 1.10 bits per heavy atom. The van der Waals surface area contributed by atoms with Crippen LogP contribution in [0.25, 0.3) is 0 Å². The first kappa shape index (κ1) is 18.8. The molecule has 1 amide bonds. The summed E-state index contributed by atoms with van der Waals surface area (Å²) < 4.78 is 27.9. The van der Waals surface area contributed by atoms with Crippen molar-refractivity contribution in [3.8, 4) is 0 Å². The Hall–Kier alpha value is -1.17. The van der Waals surface area contributed by atoms with Gasteiger partial charge in [-0.3, -0.25) is 9.36 Å². The van der Waals surface area contributed by atoms with E-state index in [1.54, 1.807) is 27.7 Å². The van der Waals surface area contributed by atoms with Gasteiger partial charge < -0.3 is 19.1 Å². The molecule has 7 nitrogen and oxygen atoms in total.